The van der Waals surface area contributed by atoms with Crippen LogP contribution in [-0.2, 0) is 6.54 Å². The number of rotatable bonds is 4. The Hall–Kier alpha value is -2.49. The summed E-state index contributed by atoms with van der Waals surface area (Å²) < 4.78 is 0. The number of urea groups is 1. The number of benzene rings is 2. The van der Waals surface area contributed by atoms with Crippen LogP contribution in [0.5, 0.6) is 0 Å². The van der Waals surface area contributed by atoms with Crippen molar-refractivity contribution in [3.63, 3.8) is 0 Å². The van der Waals surface area contributed by atoms with Gasteiger partial charge < -0.3 is 15.5 Å². The highest BCUT2D eigenvalue weighted by atomic mass is 16.2. The fourth-order valence-corrected chi connectivity index (χ4v) is 1.93. The number of hydrogen-bond donors (Lipinski definition) is 2. The van der Waals surface area contributed by atoms with Crippen LogP contribution in [0.1, 0.15) is 11.1 Å². The van der Waals surface area contributed by atoms with Crippen LogP contribution >= 0.6 is 0 Å². The molecule has 0 aliphatic carbocycles. The number of anilines is 2. The molecular formula is C17H21N3O. The number of nitrogens with zero attached hydrogens (tertiary/aromatic N) is 1. The van der Waals surface area contributed by atoms with E-state index in [0.717, 1.165) is 16.9 Å². The minimum absolute atomic E-state index is 0.202. The molecule has 0 aromatic heterocycles. The Labute approximate surface area is 125 Å². The highest BCUT2D eigenvalue weighted by Crippen LogP contribution is 2.17. The van der Waals surface area contributed by atoms with Crippen LogP contribution < -0.4 is 15.5 Å². The molecule has 0 aliphatic heterocycles. The Kier molecular flexibility index (Phi) is 4.82. The van der Waals surface area contributed by atoms with Gasteiger partial charge in [0.1, 0.15) is 0 Å². The summed E-state index contributed by atoms with van der Waals surface area (Å²) in [6.45, 7) is 2.56. The van der Waals surface area contributed by atoms with Crippen molar-refractivity contribution < 1.29 is 4.79 Å². The molecule has 2 aromatic rings. The Morgan fingerprint density at radius 2 is 1.81 bits per heavy atom. The third kappa shape index (κ3) is 4.53. The zero-order valence-corrected chi connectivity index (χ0v) is 12.7. The lowest BCUT2D eigenvalue weighted by Crippen LogP contribution is -2.28. The van der Waals surface area contributed by atoms with Crippen LogP contribution in [0.3, 0.4) is 0 Å². The molecule has 110 valence electrons. The van der Waals surface area contributed by atoms with E-state index in [1.165, 1.54) is 5.56 Å². The molecule has 4 nitrogen and oxygen atoms in total. The predicted molar refractivity (Wildman–Crippen MR) is 87.8 cm³/mol. The molecule has 2 amide bonds. The number of amides is 2. The summed E-state index contributed by atoms with van der Waals surface area (Å²) in [4.78, 5) is 13.9. The second kappa shape index (κ2) is 6.79. The van der Waals surface area contributed by atoms with Gasteiger partial charge in [-0.1, -0.05) is 35.9 Å². The fraction of sp³-hybridized carbons (Fsp3) is 0.235. The van der Waals surface area contributed by atoms with Gasteiger partial charge in [0.2, 0.25) is 0 Å². The van der Waals surface area contributed by atoms with Crippen LogP contribution in [-0.4, -0.2) is 20.1 Å². The molecule has 0 fully saturated rings. The molecule has 4 heteroatoms. The first-order chi connectivity index (χ1) is 10.0. The quantitative estimate of drug-likeness (QED) is 0.903. The van der Waals surface area contributed by atoms with E-state index in [1.54, 1.807) is 0 Å². The van der Waals surface area contributed by atoms with Gasteiger partial charge in [0.25, 0.3) is 0 Å². The van der Waals surface area contributed by atoms with Crippen molar-refractivity contribution in [2.75, 3.05) is 24.3 Å². The first kappa shape index (κ1) is 14.9. The molecule has 0 unspecified atom stereocenters. The topological polar surface area (TPSA) is 44.4 Å². The zero-order chi connectivity index (χ0) is 15.2. The molecule has 0 saturated carbocycles. The van der Waals surface area contributed by atoms with Gasteiger partial charge in [-0.25, -0.2) is 4.79 Å². The summed E-state index contributed by atoms with van der Waals surface area (Å²) in [7, 11) is 3.94. The van der Waals surface area contributed by atoms with Crippen LogP contribution in [0.25, 0.3) is 0 Å². The lowest BCUT2D eigenvalue weighted by Gasteiger charge is -2.14. The van der Waals surface area contributed by atoms with E-state index >= 15 is 0 Å². The highest BCUT2D eigenvalue weighted by molar-refractivity contribution is 5.89. The molecule has 2 N–H and O–H groups in total. The van der Waals surface area contributed by atoms with Gasteiger partial charge in [0.15, 0.2) is 0 Å². The summed E-state index contributed by atoms with van der Waals surface area (Å²) in [5.74, 6) is 0. The van der Waals surface area contributed by atoms with Gasteiger partial charge in [0, 0.05) is 32.0 Å². The lowest BCUT2D eigenvalue weighted by atomic mass is 10.1. The Morgan fingerprint density at radius 1 is 1.10 bits per heavy atom. The molecule has 2 aromatic carbocycles. The van der Waals surface area contributed by atoms with Crippen molar-refractivity contribution in [1.29, 1.82) is 0 Å². The zero-order valence-electron chi connectivity index (χ0n) is 12.7. The molecule has 0 atom stereocenters. The largest absolute Gasteiger partial charge is 0.378 e. The maximum Gasteiger partial charge on any atom is 0.319 e. The minimum Gasteiger partial charge on any atom is -0.378 e. The predicted octanol–water partition coefficient (Wildman–Crippen LogP) is 3.38. The maximum atomic E-state index is 11.9. The summed E-state index contributed by atoms with van der Waals surface area (Å²) in [5, 5.41) is 5.69. The van der Waals surface area contributed by atoms with Crippen LogP contribution in [0.15, 0.2) is 48.5 Å². The van der Waals surface area contributed by atoms with E-state index in [2.05, 4.69) is 10.6 Å². The molecular weight excluding hydrogens is 262 g/mol. The first-order valence-electron chi connectivity index (χ1n) is 6.92. The van der Waals surface area contributed by atoms with Gasteiger partial charge in [-0.3, -0.25) is 0 Å². The summed E-state index contributed by atoms with van der Waals surface area (Å²) >= 11 is 0. The van der Waals surface area contributed by atoms with E-state index in [-0.39, 0.29) is 6.03 Å². The lowest BCUT2D eigenvalue weighted by molar-refractivity contribution is 0.251. The van der Waals surface area contributed by atoms with Gasteiger partial charge in [-0.15, -0.1) is 0 Å². The van der Waals surface area contributed by atoms with Crippen molar-refractivity contribution in [3.05, 3.63) is 59.7 Å². The molecule has 0 heterocycles. The number of carbonyl (C=O) groups excluding carboxylic acids is 1. The molecule has 0 saturated heterocycles. The van der Waals surface area contributed by atoms with E-state index in [4.69, 9.17) is 0 Å². The van der Waals surface area contributed by atoms with Crippen LogP contribution in [0.4, 0.5) is 16.2 Å². The van der Waals surface area contributed by atoms with Gasteiger partial charge in [0.05, 0.1) is 0 Å². The molecule has 2 rings (SSSR count). The molecule has 0 bridgehead atoms. The second-order valence-corrected chi connectivity index (χ2v) is 5.24. The van der Waals surface area contributed by atoms with Crippen molar-refractivity contribution in [1.82, 2.24) is 5.32 Å². The smallest absolute Gasteiger partial charge is 0.319 e. The summed E-state index contributed by atoms with van der Waals surface area (Å²) in [6.07, 6.45) is 0. The van der Waals surface area contributed by atoms with Crippen molar-refractivity contribution in [2.24, 2.45) is 0 Å². The summed E-state index contributed by atoms with van der Waals surface area (Å²) in [6, 6.07) is 15.6. The third-order valence-corrected chi connectivity index (χ3v) is 3.19. The van der Waals surface area contributed by atoms with Gasteiger partial charge >= 0.3 is 6.03 Å². The monoisotopic (exact) mass is 283 g/mol. The first-order valence-corrected chi connectivity index (χ1v) is 6.92. The number of nitrogens with one attached hydrogen (secondary N) is 2. The SMILES string of the molecule is Cc1ccc(CNC(=O)Nc2cccc(N(C)C)c2)cc1. The van der Waals surface area contributed by atoms with E-state index in [1.807, 2.05) is 74.4 Å². The van der Waals surface area contributed by atoms with E-state index in [0.29, 0.717) is 6.54 Å². The van der Waals surface area contributed by atoms with Crippen molar-refractivity contribution >= 4 is 17.4 Å². The van der Waals surface area contributed by atoms with Gasteiger partial charge in [-0.2, -0.15) is 0 Å². The molecule has 0 spiro atoms. The maximum absolute atomic E-state index is 11.9. The Morgan fingerprint density at radius 3 is 2.48 bits per heavy atom. The van der Waals surface area contributed by atoms with E-state index < -0.39 is 0 Å². The molecule has 0 radical (unpaired) electrons. The number of hydrogen-bond acceptors (Lipinski definition) is 2. The van der Waals surface area contributed by atoms with Crippen molar-refractivity contribution in [2.45, 2.75) is 13.5 Å². The highest BCUT2D eigenvalue weighted by Gasteiger charge is 2.03. The molecule has 21 heavy (non-hydrogen) atoms. The minimum atomic E-state index is -0.202. The van der Waals surface area contributed by atoms with Crippen LogP contribution in [0, 0.1) is 6.92 Å². The Balaban J connectivity index is 1.89. The fourth-order valence-electron chi connectivity index (χ4n) is 1.93. The average Bonchev–Trinajstić information content (AvgIpc) is 2.47. The average molecular weight is 283 g/mol. The Bertz CT molecular complexity index is 606. The number of carbonyl (C=O) groups is 1. The molecule has 0 aliphatic rings. The standard InChI is InChI=1S/C17H21N3O/c1-13-7-9-14(10-8-13)12-18-17(21)19-15-5-4-6-16(11-15)20(2)3/h4-11H,12H2,1-3H3,(H2,18,19,21). The second-order valence-electron chi connectivity index (χ2n) is 5.24. The van der Waals surface area contributed by atoms with Crippen LogP contribution in [0.2, 0.25) is 0 Å². The third-order valence-electron chi connectivity index (χ3n) is 3.19. The summed E-state index contributed by atoms with van der Waals surface area (Å²) in [5.41, 5.74) is 4.12. The normalized spacial score (nSPS) is 10.0. The van der Waals surface area contributed by atoms with Gasteiger partial charge in [-0.05, 0) is 30.7 Å². The number of aryl methyl sites for hydroxylation is 1. The van der Waals surface area contributed by atoms with Crippen molar-refractivity contribution in [3.8, 4) is 0 Å². The van der Waals surface area contributed by atoms with E-state index in [9.17, 15) is 4.79 Å².